The Bertz CT molecular complexity index is 781. The molecule has 1 N–H and O–H groups in total. The molecular formula is C13H11BrCl2N2O2. The molecule has 0 aliphatic rings. The summed E-state index contributed by atoms with van der Waals surface area (Å²) in [7, 11) is 0. The fraction of sp³-hybridized carbons (Fsp3) is 0.231. The third-order valence-electron chi connectivity index (χ3n) is 2.83. The summed E-state index contributed by atoms with van der Waals surface area (Å²) in [6, 6.07) is 4.81. The molecule has 20 heavy (non-hydrogen) atoms. The van der Waals surface area contributed by atoms with Gasteiger partial charge in [-0.1, -0.05) is 37.0 Å². The van der Waals surface area contributed by atoms with E-state index in [1.807, 2.05) is 13.8 Å². The molecule has 0 radical (unpaired) electrons. The molecule has 0 atom stereocenters. The number of aromatic nitrogens is 2. The number of benzene rings is 1. The Morgan fingerprint density at radius 2 is 1.90 bits per heavy atom. The summed E-state index contributed by atoms with van der Waals surface area (Å²) in [6.07, 6.45) is 0. The first-order valence-electron chi connectivity index (χ1n) is 5.83. The van der Waals surface area contributed by atoms with Gasteiger partial charge in [0.1, 0.15) is 5.15 Å². The summed E-state index contributed by atoms with van der Waals surface area (Å²) >= 11 is 15.1. The van der Waals surface area contributed by atoms with Crippen molar-refractivity contribution in [3.63, 3.8) is 0 Å². The van der Waals surface area contributed by atoms with Crippen LogP contribution in [0.2, 0.25) is 10.2 Å². The molecule has 1 aromatic heterocycles. The second kappa shape index (κ2) is 5.76. The van der Waals surface area contributed by atoms with Crippen molar-refractivity contribution in [1.29, 1.82) is 0 Å². The lowest BCUT2D eigenvalue weighted by molar-refractivity contribution is 0.777. The molecule has 0 bridgehead atoms. The number of rotatable bonds is 2. The average Bonchev–Trinajstić information content (AvgIpc) is 2.32. The van der Waals surface area contributed by atoms with E-state index in [0.29, 0.717) is 20.7 Å². The maximum atomic E-state index is 12.5. The zero-order valence-corrected chi connectivity index (χ0v) is 13.8. The predicted octanol–water partition coefficient (Wildman–Crippen LogP) is 3.72. The van der Waals surface area contributed by atoms with Gasteiger partial charge in [0, 0.05) is 4.47 Å². The largest absolute Gasteiger partial charge is 0.334 e. The molecule has 106 valence electrons. The minimum absolute atomic E-state index is 0.0827. The lowest BCUT2D eigenvalue weighted by Gasteiger charge is -2.11. The lowest BCUT2D eigenvalue weighted by atomic mass is 10.1. The monoisotopic (exact) mass is 376 g/mol. The second-order valence-electron chi connectivity index (χ2n) is 4.55. The predicted molar refractivity (Wildman–Crippen MR) is 84.5 cm³/mol. The van der Waals surface area contributed by atoms with Gasteiger partial charge in [0.25, 0.3) is 5.56 Å². The molecule has 7 heteroatoms. The summed E-state index contributed by atoms with van der Waals surface area (Å²) in [4.78, 5) is 27.0. The number of hydrogen-bond donors (Lipinski definition) is 1. The number of nitrogens with one attached hydrogen (secondary N) is 1. The quantitative estimate of drug-likeness (QED) is 0.811. The molecule has 1 aromatic carbocycles. The number of H-pyrrole nitrogens is 1. The fourth-order valence-electron chi connectivity index (χ4n) is 1.88. The van der Waals surface area contributed by atoms with Crippen LogP contribution in [-0.4, -0.2) is 9.55 Å². The molecule has 2 rings (SSSR count). The van der Waals surface area contributed by atoms with E-state index in [-0.39, 0.29) is 11.1 Å². The van der Waals surface area contributed by atoms with E-state index in [0.717, 1.165) is 4.57 Å². The first-order valence-corrected chi connectivity index (χ1v) is 7.38. The van der Waals surface area contributed by atoms with E-state index in [2.05, 4.69) is 20.9 Å². The highest BCUT2D eigenvalue weighted by molar-refractivity contribution is 9.10. The van der Waals surface area contributed by atoms with Crippen molar-refractivity contribution in [3.8, 4) is 5.69 Å². The van der Waals surface area contributed by atoms with Gasteiger partial charge in [0.2, 0.25) is 0 Å². The van der Waals surface area contributed by atoms with Crippen LogP contribution in [0.25, 0.3) is 5.69 Å². The van der Waals surface area contributed by atoms with Gasteiger partial charge < -0.3 is 0 Å². The van der Waals surface area contributed by atoms with Gasteiger partial charge in [-0.15, -0.1) is 0 Å². The Morgan fingerprint density at radius 1 is 1.25 bits per heavy atom. The Kier molecular flexibility index (Phi) is 4.42. The van der Waals surface area contributed by atoms with Crippen LogP contribution in [-0.2, 0) is 0 Å². The van der Waals surface area contributed by atoms with Crippen LogP contribution in [0, 0.1) is 0 Å². The van der Waals surface area contributed by atoms with Crippen LogP contribution in [0.5, 0.6) is 0 Å². The van der Waals surface area contributed by atoms with E-state index in [1.54, 1.807) is 18.2 Å². The first kappa shape index (κ1) is 15.4. The van der Waals surface area contributed by atoms with Gasteiger partial charge in [-0.25, -0.2) is 9.36 Å². The average molecular weight is 378 g/mol. The van der Waals surface area contributed by atoms with Crippen LogP contribution >= 0.6 is 39.1 Å². The Hall–Kier alpha value is -1.04. The van der Waals surface area contributed by atoms with Gasteiger partial charge in [-0.05, 0) is 40.0 Å². The van der Waals surface area contributed by atoms with Gasteiger partial charge in [0.15, 0.2) is 0 Å². The maximum Gasteiger partial charge on any atom is 0.334 e. The number of aromatic amines is 1. The first-order chi connectivity index (χ1) is 9.32. The molecule has 2 aromatic rings. The third kappa shape index (κ3) is 2.71. The number of nitrogens with zero attached hydrogens (tertiary/aromatic N) is 1. The van der Waals surface area contributed by atoms with Crippen molar-refractivity contribution < 1.29 is 0 Å². The van der Waals surface area contributed by atoms with Crippen molar-refractivity contribution in [2.45, 2.75) is 19.8 Å². The van der Waals surface area contributed by atoms with Crippen molar-refractivity contribution >= 4 is 39.1 Å². The zero-order chi connectivity index (χ0) is 15.0. The molecule has 0 aliphatic carbocycles. The molecule has 0 amide bonds. The van der Waals surface area contributed by atoms with Crippen LogP contribution in [0.1, 0.15) is 25.3 Å². The van der Waals surface area contributed by atoms with Gasteiger partial charge in [-0.3, -0.25) is 9.78 Å². The highest BCUT2D eigenvalue weighted by Gasteiger charge is 2.17. The van der Waals surface area contributed by atoms with Gasteiger partial charge in [-0.2, -0.15) is 0 Å². The molecule has 4 nitrogen and oxygen atoms in total. The molecular weight excluding hydrogens is 367 g/mol. The number of halogens is 3. The molecule has 1 heterocycles. The Morgan fingerprint density at radius 3 is 2.45 bits per heavy atom. The molecule has 0 saturated carbocycles. The van der Waals surface area contributed by atoms with E-state index < -0.39 is 11.2 Å². The van der Waals surface area contributed by atoms with E-state index >= 15 is 0 Å². The minimum atomic E-state index is -0.585. The van der Waals surface area contributed by atoms with Crippen molar-refractivity contribution in [3.05, 3.63) is 59.2 Å². The minimum Gasteiger partial charge on any atom is -0.297 e. The van der Waals surface area contributed by atoms with Crippen LogP contribution in [0.3, 0.4) is 0 Å². The molecule has 0 unspecified atom stereocenters. The number of hydrogen-bond acceptors (Lipinski definition) is 2. The van der Waals surface area contributed by atoms with Gasteiger partial charge >= 0.3 is 5.69 Å². The normalized spacial score (nSPS) is 11.1. The molecule has 0 saturated heterocycles. The van der Waals surface area contributed by atoms with Crippen molar-refractivity contribution in [2.24, 2.45) is 0 Å². The highest BCUT2D eigenvalue weighted by atomic mass is 79.9. The van der Waals surface area contributed by atoms with Crippen LogP contribution in [0.15, 0.2) is 32.3 Å². The second-order valence-corrected chi connectivity index (χ2v) is 6.19. The maximum absolute atomic E-state index is 12.5. The van der Waals surface area contributed by atoms with Crippen molar-refractivity contribution in [1.82, 2.24) is 9.55 Å². The van der Waals surface area contributed by atoms with E-state index in [9.17, 15) is 9.59 Å². The topological polar surface area (TPSA) is 54.9 Å². The smallest absolute Gasteiger partial charge is 0.297 e. The molecule has 0 spiro atoms. The highest BCUT2D eigenvalue weighted by Crippen LogP contribution is 2.24. The third-order valence-corrected chi connectivity index (χ3v) is 4.34. The lowest BCUT2D eigenvalue weighted by Crippen LogP contribution is -2.36. The summed E-state index contributed by atoms with van der Waals surface area (Å²) in [5, 5.41) is 0.579. The van der Waals surface area contributed by atoms with Gasteiger partial charge in [0.05, 0.1) is 16.3 Å². The SMILES string of the molecule is CC(C)c1c(Cl)[nH]c(=O)n(-c2ccc(Cl)c(Br)c2)c1=O. The molecule has 0 fully saturated rings. The Labute approximate surface area is 133 Å². The van der Waals surface area contributed by atoms with E-state index in [1.165, 1.54) is 0 Å². The van der Waals surface area contributed by atoms with Crippen LogP contribution < -0.4 is 11.2 Å². The fourth-order valence-corrected chi connectivity index (χ4v) is 2.75. The summed E-state index contributed by atoms with van der Waals surface area (Å²) in [5.74, 6) is -0.103. The van der Waals surface area contributed by atoms with E-state index in [4.69, 9.17) is 23.2 Å². The summed E-state index contributed by atoms with van der Waals surface area (Å²) < 4.78 is 1.64. The summed E-state index contributed by atoms with van der Waals surface area (Å²) in [5.41, 5.74) is -0.218. The van der Waals surface area contributed by atoms with Crippen LogP contribution in [0.4, 0.5) is 0 Å². The Balaban J connectivity index is 2.81. The van der Waals surface area contributed by atoms with Crippen molar-refractivity contribution in [2.75, 3.05) is 0 Å². The zero-order valence-electron chi connectivity index (χ0n) is 10.7. The standard InChI is InChI=1S/C13H11BrCl2N2O2/c1-6(2)10-11(16)17-13(20)18(12(10)19)7-3-4-9(15)8(14)5-7/h3-6H,1-2H3,(H,17,20). The summed E-state index contributed by atoms with van der Waals surface area (Å²) in [6.45, 7) is 3.67. The molecule has 0 aliphatic heterocycles.